The van der Waals surface area contributed by atoms with E-state index in [1.54, 1.807) is 16.8 Å². The van der Waals surface area contributed by atoms with Crippen LogP contribution in [0.15, 0.2) is 24.8 Å². The highest BCUT2D eigenvalue weighted by Crippen LogP contribution is 2.04. The molecule has 2 rings (SSSR count). The topological polar surface area (TPSA) is 56.5 Å². The smallest absolute Gasteiger partial charge is 0.342 e. The highest BCUT2D eigenvalue weighted by atomic mass is 35.5. The predicted molar refractivity (Wildman–Crippen MR) is 44.3 cm³/mol. The minimum absolute atomic E-state index is 0.156. The second kappa shape index (κ2) is 3.02. The van der Waals surface area contributed by atoms with Crippen molar-refractivity contribution in [3.8, 4) is 0 Å². The molecular weight excluding hydrogens is 194 g/mol. The summed E-state index contributed by atoms with van der Waals surface area (Å²) in [5.41, 5.74) is 0.725. The summed E-state index contributed by atoms with van der Waals surface area (Å²) in [5.74, 6) is -0.676. The summed E-state index contributed by atoms with van der Waals surface area (Å²) < 4.78 is 5.65. The summed E-state index contributed by atoms with van der Waals surface area (Å²) in [6, 6.07) is 0. The van der Waals surface area contributed by atoms with Gasteiger partial charge in [0.2, 0.25) is 0 Å². The molecule has 5 nitrogen and oxygen atoms in total. The number of carbonyl (C=O) groups is 1. The van der Waals surface area contributed by atoms with Crippen LogP contribution >= 0.6 is 11.9 Å². The molecule has 0 fully saturated rings. The van der Waals surface area contributed by atoms with Crippen molar-refractivity contribution in [2.24, 2.45) is 0 Å². The maximum atomic E-state index is 10.9. The summed E-state index contributed by atoms with van der Waals surface area (Å²) in [5, 5.41) is 0. The van der Waals surface area contributed by atoms with E-state index in [9.17, 15) is 4.79 Å². The van der Waals surface area contributed by atoms with Gasteiger partial charge in [-0.25, -0.2) is 9.78 Å². The Bertz CT molecular complexity index is 421. The minimum atomic E-state index is -0.676. The number of nitrogens with zero attached hydrogens (tertiary/aromatic N) is 3. The van der Waals surface area contributed by atoms with E-state index in [2.05, 4.69) is 14.3 Å². The number of fused-ring (bicyclic) bond motifs is 1. The third-order valence-electron chi connectivity index (χ3n) is 1.54. The Labute approximate surface area is 78.1 Å². The summed E-state index contributed by atoms with van der Waals surface area (Å²) in [6.07, 6.45) is 6.31. The van der Waals surface area contributed by atoms with Gasteiger partial charge < -0.3 is 8.69 Å². The molecule has 0 N–H and O–H groups in total. The van der Waals surface area contributed by atoms with Crippen molar-refractivity contribution in [1.29, 1.82) is 0 Å². The average Bonchev–Trinajstić information content (AvgIpc) is 2.59. The van der Waals surface area contributed by atoms with Crippen molar-refractivity contribution in [2.45, 2.75) is 0 Å². The highest BCUT2D eigenvalue weighted by Gasteiger charge is 2.10. The van der Waals surface area contributed by atoms with E-state index in [4.69, 9.17) is 11.9 Å². The third-order valence-corrected chi connectivity index (χ3v) is 1.68. The molecule has 0 aliphatic heterocycles. The van der Waals surface area contributed by atoms with E-state index in [1.807, 2.05) is 0 Å². The van der Waals surface area contributed by atoms with E-state index in [-0.39, 0.29) is 5.69 Å². The van der Waals surface area contributed by atoms with Gasteiger partial charge in [0.25, 0.3) is 0 Å². The maximum absolute atomic E-state index is 10.9. The molecular formula is C7H4ClN3O2. The molecule has 0 amide bonds. The van der Waals surface area contributed by atoms with Crippen LogP contribution in [0.25, 0.3) is 5.65 Å². The Morgan fingerprint density at radius 2 is 2.46 bits per heavy atom. The third kappa shape index (κ3) is 1.33. The van der Waals surface area contributed by atoms with E-state index >= 15 is 0 Å². The molecule has 0 unspecified atom stereocenters. The molecule has 2 aromatic rings. The fraction of sp³-hybridized carbons (Fsp3) is 0. The van der Waals surface area contributed by atoms with E-state index in [1.165, 1.54) is 12.4 Å². The molecule has 2 heterocycles. The molecule has 0 aliphatic carbocycles. The molecule has 0 atom stereocenters. The van der Waals surface area contributed by atoms with Crippen LogP contribution in [0.1, 0.15) is 10.5 Å². The van der Waals surface area contributed by atoms with Crippen LogP contribution in [0.5, 0.6) is 0 Å². The Morgan fingerprint density at radius 3 is 3.15 bits per heavy atom. The van der Waals surface area contributed by atoms with Gasteiger partial charge in [0.1, 0.15) is 11.9 Å². The second-order valence-corrected chi connectivity index (χ2v) is 2.49. The first-order valence-electron chi connectivity index (χ1n) is 3.43. The van der Waals surface area contributed by atoms with Gasteiger partial charge in [-0.2, -0.15) is 0 Å². The van der Waals surface area contributed by atoms with Crippen molar-refractivity contribution in [1.82, 2.24) is 14.4 Å². The Hall–Kier alpha value is -1.62. The molecule has 0 bridgehead atoms. The second-order valence-electron chi connectivity index (χ2n) is 2.33. The maximum Gasteiger partial charge on any atom is 0.376 e. The highest BCUT2D eigenvalue weighted by molar-refractivity contribution is 6.15. The lowest BCUT2D eigenvalue weighted by Gasteiger charge is -1.86. The average molecular weight is 198 g/mol. The van der Waals surface area contributed by atoms with Crippen molar-refractivity contribution < 1.29 is 9.08 Å². The number of carbonyl (C=O) groups excluding carboxylic acids is 1. The van der Waals surface area contributed by atoms with Gasteiger partial charge >= 0.3 is 5.97 Å². The summed E-state index contributed by atoms with van der Waals surface area (Å²) in [4.78, 5) is 18.7. The quantitative estimate of drug-likeness (QED) is 0.686. The van der Waals surface area contributed by atoms with E-state index in [0.717, 1.165) is 0 Å². The van der Waals surface area contributed by atoms with Gasteiger partial charge in [-0.15, -0.1) is 0 Å². The number of imidazole rings is 1. The number of rotatable bonds is 1. The molecule has 0 radical (unpaired) electrons. The first-order chi connectivity index (χ1) is 6.31. The van der Waals surface area contributed by atoms with Crippen LogP contribution in [-0.2, 0) is 4.29 Å². The van der Waals surface area contributed by atoms with Crippen molar-refractivity contribution >= 4 is 23.5 Å². The van der Waals surface area contributed by atoms with Crippen LogP contribution < -0.4 is 0 Å². The zero-order valence-corrected chi connectivity index (χ0v) is 7.10. The number of aromatic nitrogens is 3. The lowest BCUT2D eigenvalue weighted by atomic mass is 10.5. The van der Waals surface area contributed by atoms with E-state index < -0.39 is 5.97 Å². The first kappa shape index (κ1) is 8.00. The van der Waals surface area contributed by atoms with Crippen molar-refractivity contribution in [2.75, 3.05) is 0 Å². The van der Waals surface area contributed by atoms with Gasteiger partial charge in [0.05, 0.1) is 6.20 Å². The van der Waals surface area contributed by atoms with Crippen LogP contribution in [0.2, 0.25) is 0 Å². The summed E-state index contributed by atoms with van der Waals surface area (Å²) in [6.45, 7) is 0. The van der Waals surface area contributed by atoms with Gasteiger partial charge in [-0.3, -0.25) is 4.98 Å². The van der Waals surface area contributed by atoms with Crippen molar-refractivity contribution in [3.05, 3.63) is 30.5 Å². The molecule has 66 valence electrons. The molecule has 0 aliphatic rings. The Morgan fingerprint density at radius 1 is 1.62 bits per heavy atom. The van der Waals surface area contributed by atoms with Crippen LogP contribution in [0.4, 0.5) is 0 Å². The molecule has 6 heteroatoms. The van der Waals surface area contributed by atoms with Gasteiger partial charge in [0, 0.05) is 18.6 Å². The zero-order valence-electron chi connectivity index (χ0n) is 6.35. The number of hydrogen-bond acceptors (Lipinski definition) is 4. The van der Waals surface area contributed by atoms with Crippen LogP contribution in [0, 0.1) is 0 Å². The fourth-order valence-corrected chi connectivity index (χ4v) is 1.06. The summed E-state index contributed by atoms with van der Waals surface area (Å²) >= 11 is 4.90. The van der Waals surface area contributed by atoms with Gasteiger partial charge in [-0.1, -0.05) is 0 Å². The number of hydrogen-bond donors (Lipinski definition) is 0. The molecule has 0 aromatic carbocycles. The first-order valence-corrected chi connectivity index (χ1v) is 3.74. The standard InChI is InChI=1S/C7H4ClN3O2/c8-13-7(12)5-4-11-2-1-9-3-6(11)10-5/h1-4H. The lowest BCUT2D eigenvalue weighted by Crippen LogP contribution is -1.97. The minimum Gasteiger partial charge on any atom is -0.342 e. The molecule has 0 spiro atoms. The van der Waals surface area contributed by atoms with E-state index in [0.29, 0.717) is 5.65 Å². The molecule has 0 saturated heterocycles. The van der Waals surface area contributed by atoms with Crippen molar-refractivity contribution in [3.63, 3.8) is 0 Å². The fourth-order valence-electron chi connectivity index (χ4n) is 0.981. The molecule has 13 heavy (non-hydrogen) atoms. The normalized spacial score (nSPS) is 10.2. The monoisotopic (exact) mass is 197 g/mol. The lowest BCUT2D eigenvalue weighted by molar-refractivity contribution is 0.0746. The largest absolute Gasteiger partial charge is 0.376 e. The Kier molecular flexibility index (Phi) is 1.86. The summed E-state index contributed by atoms with van der Waals surface area (Å²) in [7, 11) is 0. The zero-order chi connectivity index (χ0) is 9.26. The predicted octanol–water partition coefficient (Wildman–Crippen LogP) is 1.04. The molecule has 2 aromatic heterocycles. The van der Waals surface area contributed by atoms with Gasteiger partial charge in [-0.05, 0) is 0 Å². The Balaban J connectivity index is 2.56. The van der Waals surface area contributed by atoms with Crippen LogP contribution in [0.3, 0.4) is 0 Å². The molecule has 0 saturated carbocycles. The van der Waals surface area contributed by atoms with Crippen LogP contribution in [-0.4, -0.2) is 20.3 Å². The number of halogens is 1. The van der Waals surface area contributed by atoms with Gasteiger partial charge in [0.15, 0.2) is 11.3 Å². The SMILES string of the molecule is O=C(OCl)c1cn2ccncc2n1.